The zero-order valence-electron chi connectivity index (χ0n) is 19.6. The second-order valence-electron chi connectivity index (χ2n) is 9.23. The molecule has 0 fully saturated rings. The monoisotopic (exact) mass is 449 g/mol. The standard InChI is InChI=1S/C32H23N3/c1-19-7-3-4-8-27(19)33-20(2)23-15-11-21-13-17-25-26(32-34-28-9-5-6-10-29(28)35-32)18-14-22-12-16-24(23)30(21)31(22)25/h3-18H,1-2H3,(H,34,35). The molecule has 1 aromatic heterocycles. The van der Waals surface area contributed by atoms with E-state index in [2.05, 4.69) is 91.6 Å². The third-order valence-corrected chi connectivity index (χ3v) is 7.10. The number of nitrogens with one attached hydrogen (secondary N) is 1. The topological polar surface area (TPSA) is 41.0 Å². The Morgan fingerprint density at radius 1 is 0.714 bits per heavy atom. The highest BCUT2D eigenvalue weighted by molar-refractivity contribution is 6.28. The van der Waals surface area contributed by atoms with Gasteiger partial charge in [0.1, 0.15) is 5.82 Å². The summed E-state index contributed by atoms with van der Waals surface area (Å²) in [5.74, 6) is 0.904. The average molecular weight is 450 g/mol. The number of aryl methyl sites for hydroxylation is 1. The Morgan fingerprint density at radius 3 is 2.23 bits per heavy atom. The Balaban J connectivity index is 1.50. The van der Waals surface area contributed by atoms with E-state index in [1.54, 1.807) is 0 Å². The molecule has 6 aromatic carbocycles. The molecule has 3 heteroatoms. The van der Waals surface area contributed by atoms with Crippen LogP contribution in [0, 0.1) is 6.92 Å². The van der Waals surface area contributed by atoms with Crippen molar-refractivity contribution in [3.8, 4) is 11.4 Å². The summed E-state index contributed by atoms with van der Waals surface area (Å²) in [7, 11) is 0. The number of imidazole rings is 1. The third kappa shape index (κ3) is 3.05. The molecular weight excluding hydrogens is 426 g/mol. The first-order valence-electron chi connectivity index (χ1n) is 11.9. The minimum atomic E-state index is 0.904. The molecule has 0 amide bonds. The smallest absolute Gasteiger partial charge is 0.139 e. The first kappa shape index (κ1) is 19.9. The van der Waals surface area contributed by atoms with Crippen LogP contribution in [-0.2, 0) is 0 Å². The van der Waals surface area contributed by atoms with E-state index >= 15 is 0 Å². The highest BCUT2D eigenvalue weighted by atomic mass is 14.9. The molecule has 0 bridgehead atoms. The summed E-state index contributed by atoms with van der Waals surface area (Å²) in [6.45, 7) is 4.22. The number of para-hydroxylation sites is 3. The molecule has 0 atom stereocenters. The predicted octanol–water partition coefficient (Wildman–Crippen LogP) is 8.58. The van der Waals surface area contributed by atoms with Crippen molar-refractivity contribution in [2.45, 2.75) is 13.8 Å². The maximum atomic E-state index is 5.00. The lowest BCUT2D eigenvalue weighted by molar-refractivity contribution is 1.35. The van der Waals surface area contributed by atoms with Crippen molar-refractivity contribution in [2.24, 2.45) is 4.99 Å². The van der Waals surface area contributed by atoms with Crippen molar-refractivity contribution in [3.63, 3.8) is 0 Å². The van der Waals surface area contributed by atoms with E-state index in [-0.39, 0.29) is 0 Å². The van der Waals surface area contributed by atoms with Crippen LogP contribution >= 0.6 is 0 Å². The lowest BCUT2D eigenvalue weighted by Crippen LogP contribution is -1.97. The van der Waals surface area contributed by atoms with E-state index in [9.17, 15) is 0 Å². The second-order valence-corrected chi connectivity index (χ2v) is 9.23. The van der Waals surface area contributed by atoms with Gasteiger partial charge in [-0.15, -0.1) is 0 Å². The summed E-state index contributed by atoms with van der Waals surface area (Å²) in [6.07, 6.45) is 0. The Morgan fingerprint density at radius 2 is 1.40 bits per heavy atom. The molecule has 0 radical (unpaired) electrons. The Labute approximate surface area is 203 Å². The number of hydrogen-bond acceptors (Lipinski definition) is 2. The fraction of sp³-hybridized carbons (Fsp3) is 0.0625. The molecule has 3 nitrogen and oxygen atoms in total. The lowest BCUT2D eigenvalue weighted by atomic mass is 9.89. The molecule has 35 heavy (non-hydrogen) atoms. The number of fused-ring (bicyclic) bond motifs is 1. The van der Waals surface area contributed by atoms with Gasteiger partial charge in [0.25, 0.3) is 0 Å². The van der Waals surface area contributed by atoms with Crippen molar-refractivity contribution < 1.29 is 0 Å². The molecule has 0 aliphatic carbocycles. The molecule has 0 saturated heterocycles. The van der Waals surface area contributed by atoms with E-state index in [0.717, 1.165) is 33.8 Å². The van der Waals surface area contributed by atoms with Gasteiger partial charge in [0, 0.05) is 16.8 Å². The zero-order chi connectivity index (χ0) is 23.5. The van der Waals surface area contributed by atoms with Crippen molar-refractivity contribution in [2.75, 3.05) is 0 Å². The van der Waals surface area contributed by atoms with Crippen molar-refractivity contribution >= 4 is 54.7 Å². The van der Waals surface area contributed by atoms with Crippen LogP contribution in [0.15, 0.2) is 102 Å². The first-order chi connectivity index (χ1) is 17.2. The summed E-state index contributed by atoms with van der Waals surface area (Å²) in [5, 5.41) is 7.50. The van der Waals surface area contributed by atoms with Crippen molar-refractivity contribution in [1.29, 1.82) is 0 Å². The van der Waals surface area contributed by atoms with Gasteiger partial charge in [-0.3, -0.25) is 4.99 Å². The number of hydrogen-bond donors (Lipinski definition) is 1. The number of rotatable bonds is 3. The minimum absolute atomic E-state index is 0.904. The molecule has 7 rings (SSSR count). The molecule has 1 heterocycles. The summed E-state index contributed by atoms with van der Waals surface area (Å²) in [6, 6.07) is 34.3. The number of H-pyrrole nitrogens is 1. The molecule has 0 unspecified atom stereocenters. The predicted molar refractivity (Wildman–Crippen MR) is 148 cm³/mol. The van der Waals surface area contributed by atoms with E-state index in [0.29, 0.717) is 0 Å². The molecule has 0 saturated carbocycles. The fourth-order valence-corrected chi connectivity index (χ4v) is 5.33. The second kappa shape index (κ2) is 7.51. The highest BCUT2D eigenvalue weighted by Crippen LogP contribution is 2.40. The quantitative estimate of drug-likeness (QED) is 0.213. The first-order valence-corrected chi connectivity index (χ1v) is 11.9. The van der Waals surface area contributed by atoms with Crippen LogP contribution in [-0.4, -0.2) is 15.7 Å². The number of aliphatic imine (C=N–C) groups is 1. The van der Waals surface area contributed by atoms with Crippen LogP contribution in [0.1, 0.15) is 18.1 Å². The lowest BCUT2D eigenvalue weighted by Gasteiger charge is -2.15. The van der Waals surface area contributed by atoms with Crippen LogP contribution < -0.4 is 0 Å². The third-order valence-electron chi connectivity index (χ3n) is 7.10. The van der Waals surface area contributed by atoms with E-state index < -0.39 is 0 Å². The van der Waals surface area contributed by atoms with E-state index in [1.165, 1.54) is 43.4 Å². The highest BCUT2D eigenvalue weighted by Gasteiger charge is 2.16. The van der Waals surface area contributed by atoms with Crippen molar-refractivity contribution in [1.82, 2.24) is 9.97 Å². The Hall–Kier alpha value is -4.50. The summed E-state index contributed by atoms with van der Waals surface area (Å²) in [5.41, 5.74) is 7.55. The largest absolute Gasteiger partial charge is 0.338 e. The zero-order valence-corrected chi connectivity index (χ0v) is 19.6. The maximum absolute atomic E-state index is 5.00. The normalized spacial score (nSPS) is 12.5. The molecular formula is C32H23N3. The van der Waals surface area contributed by atoms with Gasteiger partial charge in [0.05, 0.1) is 16.7 Å². The number of nitrogens with zero attached hydrogens (tertiary/aromatic N) is 2. The van der Waals surface area contributed by atoms with Gasteiger partial charge in [-0.1, -0.05) is 78.9 Å². The summed E-state index contributed by atoms with van der Waals surface area (Å²) in [4.78, 5) is 13.4. The van der Waals surface area contributed by atoms with E-state index in [1.807, 2.05) is 24.3 Å². The van der Waals surface area contributed by atoms with Gasteiger partial charge in [0.2, 0.25) is 0 Å². The number of aromatic amines is 1. The SMILES string of the molecule is CC(=Nc1ccccc1C)c1ccc2ccc3c(-c4nc5ccccc5[nH]4)ccc4ccc1c2c43. The Bertz CT molecular complexity index is 1890. The van der Waals surface area contributed by atoms with Gasteiger partial charge in [-0.2, -0.15) is 0 Å². The summed E-state index contributed by atoms with van der Waals surface area (Å²) >= 11 is 0. The van der Waals surface area contributed by atoms with Gasteiger partial charge in [-0.05, 0) is 69.9 Å². The molecule has 0 spiro atoms. The molecule has 7 aromatic rings. The van der Waals surface area contributed by atoms with Gasteiger partial charge in [0.15, 0.2) is 0 Å². The molecule has 0 aliphatic heterocycles. The van der Waals surface area contributed by atoms with E-state index in [4.69, 9.17) is 9.98 Å². The summed E-state index contributed by atoms with van der Waals surface area (Å²) < 4.78 is 0. The fourth-order valence-electron chi connectivity index (χ4n) is 5.33. The Kier molecular flexibility index (Phi) is 4.27. The van der Waals surface area contributed by atoms with Crippen LogP contribution in [0.4, 0.5) is 5.69 Å². The van der Waals surface area contributed by atoms with Gasteiger partial charge >= 0.3 is 0 Å². The van der Waals surface area contributed by atoms with Crippen LogP contribution in [0.2, 0.25) is 0 Å². The minimum Gasteiger partial charge on any atom is -0.338 e. The van der Waals surface area contributed by atoms with Crippen LogP contribution in [0.3, 0.4) is 0 Å². The van der Waals surface area contributed by atoms with Gasteiger partial charge in [-0.25, -0.2) is 4.98 Å². The average Bonchev–Trinajstić information content (AvgIpc) is 3.32. The molecule has 166 valence electrons. The molecule has 0 aliphatic rings. The van der Waals surface area contributed by atoms with Crippen LogP contribution in [0.5, 0.6) is 0 Å². The van der Waals surface area contributed by atoms with Gasteiger partial charge < -0.3 is 4.98 Å². The van der Waals surface area contributed by atoms with Crippen molar-refractivity contribution in [3.05, 3.63) is 108 Å². The van der Waals surface area contributed by atoms with Crippen LogP contribution in [0.25, 0.3) is 54.7 Å². The molecule has 1 N–H and O–H groups in total. The maximum Gasteiger partial charge on any atom is 0.139 e. The number of benzene rings is 6. The number of aromatic nitrogens is 2.